The van der Waals surface area contributed by atoms with Gasteiger partial charge in [-0.2, -0.15) is 0 Å². The lowest BCUT2D eigenvalue weighted by Crippen LogP contribution is -2.27. The summed E-state index contributed by atoms with van der Waals surface area (Å²) < 4.78 is 12.8. The average Bonchev–Trinajstić information content (AvgIpc) is 2.93. The summed E-state index contributed by atoms with van der Waals surface area (Å²) in [5, 5.41) is 0.521. The monoisotopic (exact) mass is 497 g/mol. The Balaban J connectivity index is 1.83. The minimum absolute atomic E-state index is 0.0623. The van der Waals surface area contributed by atoms with Crippen LogP contribution in [-0.4, -0.2) is 28.8 Å². The third-order valence-electron chi connectivity index (χ3n) is 4.07. The van der Waals surface area contributed by atoms with E-state index in [1.807, 2.05) is 37.3 Å². The second-order valence-electron chi connectivity index (χ2n) is 5.86. The van der Waals surface area contributed by atoms with Gasteiger partial charge in [-0.05, 0) is 48.9 Å². The van der Waals surface area contributed by atoms with E-state index in [1.54, 1.807) is 24.1 Å². The zero-order valence-electron chi connectivity index (χ0n) is 15.2. The molecule has 2 aromatic rings. The molecule has 0 aromatic heterocycles. The number of methoxy groups -OCH3 is 1. The predicted molar refractivity (Wildman–Crippen MR) is 122 cm³/mol. The number of nitrogens with zero attached hydrogens (tertiary/aromatic N) is 1. The molecule has 0 spiro atoms. The average molecular weight is 499 g/mol. The van der Waals surface area contributed by atoms with Gasteiger partial charge in [0.15, 0.2) is 0 Å². The van der Waals surface area contributed by atoms with Crippen LogP contribution in [-0.2, 0) is 11.4 Å². The van der Waals surface area contributed by atoms with Crippen LogP contribution in [0.15, 0.2) is 45.8 Å². The number of hydrogen-bond donors (Lipinski definition) is 0. The number of carbonyl (C=O) groups is 1. The van der Waals surface area contributed by atoms with Crippen LogP contribution in [0.2, 0.25) is 5.02 Å². The van der Waals surface area contributed by atoms with Crippen LogP contribution in [0.1, 0.15) is 18.1 Å². The van der Waals surface area contributed by atoms with Crippen molar-refractivity contribution < 1.29 is 14.3 Å². The highest BCUT2D eigenvalue weighted by atomic mass is 79.9. The van der Waals surface area contributed by atoms with Gasteiger partial charge >= 0.3 is 0 Å². The molecule has 8 heteroatoms. The Morgan fingerprint density at radius 1 is 1.25 bits per heavy atom. The molecule has 0 atom stereocenters. The van der Waals surface area contributed by atoms with Gasteiger partial charge in [-0.25, -0.2) is 0 Å². The van der Waals surface area contributed by atoms with Gasteiger partial charge in [-0.1, -0.05) is 57.6 Å². The smallest absolute Gasteiger partial charge is 0.266 e. The van der Waals surface area contributed by atoms with Crippen molar-refractivity contribution in [2.75, 3.05) is 13.7 Å². The first kappa shape index (κ1) is 21.2. The molecule has 2 aromatic carbocycles. The number of benzene rings is 2. The van der Waals surface area contributed by atoms with E-state index in [1.165, 1.54) is 11.8 Å². The van der Waals surface area contributed by atoms with Gasteiger partial charge in [-0.15, -0.1) is 0 Å². The summed E-state index contributed by atoms with van der Waals surface area (Å²) in [6, 6.07) is 11.1. The van der Waals surface area contributed by atoms with E-state index in [4.69, 9.17) is 33.3 Å². The number of thioether (sulfide) groups is 1. The molecule has 1 fully saturated rings. The fourth-order valence-electron chi connectivity index (χ4n) is 2.67. The normalized spacial score (nSPS) is 15.4. The van der Waals surface area contributed by atoms with Crippen LogP contribution >= 0.6 is 51.5 Å². The van der Waals surface area contributed by atoms with Crippen molar-refractivity contribution in [3.05, 3.63) is 61.9 Å². The maximum atomic E-state index is 12.4. The highest BCUT2D eigenvalue weighted by molar-refractivity contribution is 9.10. The zero-order valence-corrected chi connectivity index (χ0v) is 19.2. The highest BCUT2D eigenvalue weighted by Gasteiger charge is 2.30. The first-order chi connectivity index (χ1) is 13.4. The largest absolute Gasteiger partial charge is 0.496 e. The molecule has 146 valence electrons. The molecule has 1 aliphatic heterocycles. The van der Waals surface area contributed by atoms with Crippen molar-refractivity contribution in [3.8, 4) is 11.5 Å². The van der Waals surface area contributed by atoms with Gasteiger partial charge in [0.05, 0.1) is 17.0 Å². The third-order valence-corrected chi connectivity index (χ3v) is 6.24. The Hall–Kier alpha value is -1.54. The summed E-state index contributed by atoms with van der Waals surface area (Å²) >= 11 is 16.2. The van der Waals surface area contributed by atoms with Gasteiger partial charge in [0.25, 0.3) is 5.91 Å². The number of thiocarbonyl (C=S) groups is 1. The van der Waals surface area contributed by atoms with Crippen molar-refractivity contribution in [2.45, 2.75) is 13.5 Å². The maximum absolute atomic E-state index is 12.4. The summed E-state index contributed by atoms with van der Waals surface area (Å²) in [6.07, 6.45) is 1.84. The molecule has 0 unspecified atom stereocenters. The van der Waals surface area contributed by atoms with Gasteiger partial charge in [-0.3, -0.25) is 9.69 Å². The van der Waals surface area contributed by atoms with Crippen molar-refractivity contribution in [2.24, 2.45) is 0 Å². The SMILES string of the molecule is CCN1C(=O)/C(=C\c2ccc(OC)c(COc3ccc(Br)cc3Cl)c2)SC1=S. The Kier molecular flexibility index (Phi) is 7.04. The van der Waals surface area contributed by atoms with E-state index in [2.05, 4.69) is 15.9 Å². The number of halogens is 2. The molecule has 0 N–H and O–H groups in total. The fourth-order valence-corrected chi connectivity index (χ4v) is 4.79. The summed E-state index contributed by atoms with van der Waals surface area (Å²) in [7, 11) is 1.61. The van der Waals surface area contributed by atoms with Gasteiger partial charge in [0, 0.05) is 16.6 Å². The van der Waals surface area contributed by atoms with Crippen LogP contribution in [0.25, 0.3) is 6.08 Å². The Morgan fingerprint density at radius 3 is 2.64 bits per heavy atom. The minimum Gasteiger partial charge on any atom is -0.496 e. The zero-order chi connectivity index (χ0) is 20.3. The van der Waals surface area contributed by atoms with Crippen LogP contribution in [0.4, 0.5) is 0 Å². The summed E-state index contributed by atoms with van der Waals surface area (Å²) in [5.41, 5.74) is 1.72. The summed E-state index contributed by atoms with van der Waals surface area (Å²) in [4.78, 5) is 14.6. The van der Waals surface area contributed by atoms with Crippen LogP contribution in [0.5, 0.6) is 11.5 Å². The summed E-state index contributed by atoms with van der Waals surface area (Å²) in [6.45, 7) is 2.75. The molecule has 1 saturated heterocycles. The van der Waals surface area contributed by atoms with Crippen molar-refractivity contribution in [3.63, 3.8) is 0 Å². The second-order valence-corrected chi connectivity index (χ2v) is 8.86. The van der Waals surface area contributed by atoms with Gasteiger partial charge in [0.1, 0.15) is 22.4 Å². The number of likely N-dealkylation sites (N-methyl/N-ethyl adjacent to an activating group) is 1. The van der Waals surface area contributed by atoms with Crippen LogP contribution < -0.4 is 9.47 Å². The van der Waals surface area contributed by atoms with Crippen molar-refractivity contribution in [1.29, 1.82) is 0 Å². The van der Waals surface area contributed by atoms with Crippen LogP contribution in [0, 0.1) is 0 Å². The Morgan fingerprint density at radius 2 is 2.00 bits per heavy atom. The standard InChI is InChI=1S/C20H17BrClNO3S2/c1-3-23-19(24)18(28-20(23)27)9-12-4-6-16(25-2)13(8-12)11-26-17-7-5-14(21)10-15(17)22/h4-10H,3,11H2,1-2H3/b18-9+. The fraction of sp³-hybridized carbons (Fsp3) is 0.200. The van der Waals surface area contributed by atoms with E-state index in [-0.39, 0.29) is 12.5 Å². The molecule has 1 amide bonds. The van der Waals surface area contributed by atoms with Gasteiger partial charge in [0.2, 0.25) is 0 Å². The number of rotatable bonds is 6. The van der Waals surface area contributed by atoms with E-state index in [9.17, 15) is 4.79 Å². The predicted octanol–water partition coefficient (Wildman–Crippen LogP) is 5.91. The molecule has 1 aliphatic rings. The van der Waals surface area contributed by atoms with Gasteiger partial charge < -0.3 is 9.47 Å². The van der Waals surface area contributed by atoms with E-state index >= 15 is 0 Å². The minimum atomic E-state index is -0.0623. The molecule has 0 radical (unpaired) electrons. The van der Waals surface area contributed by atoms with Crippen LogP contribution in [0.3, 0.4) is 0 Å². The topological polar surface area (TPSA) is 38.8 Å². The first-order valence-corrected chi connectivity index (χ1v) is 10.8. The lowest BCUT2D eigenvalue weighted by Gasteiger charge is -2.12. The Bertz CT molecular complexity index is 964. The van der Waals surface area contributed by atoms with E-state index in [0.29, 0.717) is 32.3 Å². The summed E-state index contributed by atoms with van der Waals surface area (Å²) in [5.74, 6) is 1.22. The molecule has 4 nitrogen and oxygen atoms in total. The van der Waals surface area contributed by atoms with E-state index < -0.39 is 0 Å². The quantitative estimate of drug-likeness (QED) is 0.366. The van der Waals surface area contributed by atoms with E-state index in [0.717, 1.165) is 15.6 Å². The third kappa shape index (κ3) is 4.71. The lowest BCUT2D eigenvalue weighted by atomic mass is 10.1. The molecule has 0 saturated carbocycles. The molecular formula is C20H17BrClNO3S2. The number of ether oxygens (including phenoxy) is 2. The second kappa shape index (κ2) is 9.31. The first-order valence-electron chi connectivity index (χ1n) is 8.43. The maximum Gasteiger partial charge on any atom is 0.266 e. The lowest BCUT2D eigenvalue weighted by molar-refractivity contribution is -0.121. The Labute approximate surface area is 187 Å². The highest BCUT2D eigenvalue weighted by Crippen LogP contribution is 2.33. The molecule has 0 bridgehead atoms. The molecule has 28 heavy (non-hydrogen) atoms. The number of carbonyl (C=O) groups excluding carboxylic acids is 1. The molecule has 1 heterocycles. The molecule has 0 aliphatic carbocycles. The molecular weight excluding hydrogens is 482 g/mol. The number of hydrogen-bond acceptors (Lipinski definition) is 5. The molecule has 3 rings (SSSR count). The number of amides is 1. The van der Waals surface area contributed by atoms with Crippen molar-refractivity contribution in [1.82, 2.24) is 4.90 Å². The van der Waals surface area contributed by atoms with Crippen molar-refractivity contribution >= 4 is 67.8 Å².